The summed E-state index contributed by atoms with van der Waals surface area (Å²) in [5.41, 5.74) is 2.46. The molecule has 2 N–H and O–H groups in total. The van der Waals surface area contributed by atoms with Crippen LogP contribution >= 0.6 is 0 Å². The number of nitrogens with one attached hydrogen (secondary N) is 1. The van der Waals surface area contributed by atoms with E-state index in [2.05, 4.69) is 5.32 Å². The Morgan fingerprint density at radius 3 is 2.71 bits per heavy atom. The molecule has 1 aliphatic carbocycles. The fourth-order valence-corrected chi connectivity index (χ4v) is 1.65. The van der Waals surface area contributed by atoms with E-state index in [0.717, 1.165) is 11.1 Å². The van der Waals surface area contributed by atoms with E-state index in [1.807, 2.05) is 0 Å². The largest absolute Gasteiger partial charge is 0.465 e. The van der Waals surface area contributed by atoms with Crippen molar-refractivity contribution in [2.75, 3.05) is 5.32 Å². The number of Topliss-reactive ketones (excluding diaryl/α,β-unsaturated/α-hetero) is 1. The minimum absolute atomic E-state index is 0.187. The summed E-state index contributed by atoms with van der Waals surface area (Å²) >= 11 is 0. The molecule has 0 heterocycles. The van der Waals surface area contributed by atoms with Crippen LogP contribution in [-0.4, -0.2) is 17.0 Å². The first-order valence-electron chi connectivity index (χ1n) is 4.28. The Labute approximate surface area is 80.6 Å². The quantitative estimate of drug-likeness (QED) is 0.705. The average molecular weight is 191 g/mol. The van der Waals surface area contributed by atoms with Crippen LogP contribution in [0.3, 0.4) is 0 Å². The molecule has 0 spiro atoms. The third-order valence-corrected chi connectivity index (χ3v) is 2.23. The van der Waals surface area contributed by atoms with E-state index in [0.29, 0.717) is 18.5 Å². The maximum atomic E-state index is 11.1. The SMILES string of the molecule is O=C1Cc2ccc(NC(=O)O)cc2C1. The van der Waals surface area contributed by atoms with Gasteiger partial charge in [0.25, 0.3) is 0 Å². The number of hydrogen-bond donors (Lipinski definition) is 2. The molecule has 1 aliphatic rings. The summed E-state index contributed by atoms with van der Waals surface area (Å²) < 4.78 is 0. The first-order valence-corrected chi connectivity index (χ1v) is 4.28. The highest BCUT2D eigenvalue weighted by atomic mass is 16.4. The van der Waals surface area contributed by atoms with Crippen LogP contribution in [0.25, 0.3) is 0 Å². The van der Waals surface area contributed by atoms with E-state index >= 15 is 0 Å². The van der Waals surface area contributed by atoms with Gasteiger partial charge in [-0.25, -0.2) is 4.79 Å². The first-order chi connectivity index (χ1) is 6.65. The summed E-state index contributed by atoms with van der Waals surface area (Å²) in [6.07, 6.45) is -0.193. The Kier molecular flexibility index (Phi) is 1.96. The molecule has 2 rings (SSSR count). The molecule has 0 saturated carbocycles. The molecular formula is C10H9NO3. The van der Waals surface area contributed by atoms with Crippen LogP contribution in [0.5, 0.6) is 0 Å². The summed E-state index contributed by atoms with van der Waals surface area (Å²) in [7, 11) is 0. The standard InChI is InChI=1S/C10H9NO3/c12-9-4-6-1-2-8(11-10(13)14)3-7(6)5-9/h1-3,11H,4-5H2,(H,13,14). The van der Waals surface area contributed by atoms with Crippen molar-refractivity contribution < 1.29 is 14.7 Å². The summed E-state index contributed by atoms with van der Waals surface area (Å²) in [5.74, 6) is 0.187. The fourth-order valence-electron chi connectivity index (χ4n) is 1.65. The monoisotopic (exact) mass is 191 g/mol. The number of fused-ring (bicyclic) bond motifs is 1. The van der Waals surface area contributed by atoms with Gasteiger partial charge < -0.3 is 5.11 Å². The molecule has 0 bridgehead atoms. The highest BCUT2D eigenvalue weighted by molar-refractivity contribution is 5.89. The van der Waals surface area contributed by atoms with Gasteiger partial charge in [-0.3, -0.25) is 10.1 Å². The Balaban J connectivity index is 2.28. The minimum Gasteiger partial charge on any atom is -0.465 e. The minimum atomic E-state index is -1.09. The van der Waals surface area contributed by atoms with Crippen molar-refractivity contribution in [3.63, 3.8) is 0 Å². The van der Waals surface area contributed by atoms with E-state index < -0.39 is 6.09 Å². The van der Waals surface area contributed by atoms with Crippen molar-refractivity contribution in [2.45, 2.75) is 12.8 Å². The molecule has 0 unspecified atom stereocenters. The predicted octanol–water partition coefficient (Wildman–Crippen LogP) is 1.44. The van der Waals surface area contributed by atoms with Crippen LogP contribution < -0.4 is 5.32 Å². The average Bonchev–Trinajstić information content (AvgIpc) is 2.42. The van der Waals surface area contributed by atoms with Crippen LogP contribution in [0.15, 0.2) is 18.2 Å². The number of hydrogen-bond acceptors (Lipinski definition) is 2. The summed E-state index contributed by atoms with van der Waals surface area (Å²) in [5, 5.41) is 10.7. The molecule has 0 saturated heterocycles. The molecular weight excluding hydrogens is 182 g/mol. The smallest absolute Gasteiger partial charge is 0.409 e. The van der Waals surface area contributed by atoms with E-state index in [1.54, 1.807) is 18.2 Å². The van der Waals surface area contributed by atoms with Gasteiger partial charge >= 0.3 is 6.09 Å². The number of carbonyl (C=O) groups excluding carboxylic acids is 1. The molecule has 0 radical (unpaired) electrons. The number of carboxylic acid groups (broad SMARTS) is 1. The number of anilines is 1. The normalized spacial score (nSPS) is 13.9. The molecule has 0 fully saturated rings. The van der Waals surface area contributed by atoms with Crippen molar-refractivity contribution in [1.82, 2.24) is 0 Å². The topological polar surface area (TPSA) is 66.4 Å². The number of benzene rings is 1. The van der Waals surface area contributed by atoms with Gasteiger partial charge in [0.1, 0.15) is 5.78 Å². The maximum absolute atomic E-state index is 11.1. The molecule has 4 heteroatoms. The lowest BCUT2D eigenvalue weighted by Crippen LogP contribution is -2.07. The Morgan fingerprint density at radius 1 is 1.29 bits per heavy atom. The van der Waals surface area contributed by atoms with E-state index in [-0.39, 0.29) is 5.78 Å². The molecule has 1 aromatic carbocycles. The third kappa shape index (κ3) is 1.59. The lowest BCUT2D eigenvalue weighted by molar-refractivity contribution is -0.117. The molecule has 0 atom stereocenters. The number of ketones is 1. The lowest BCUT2D eigenvalue weighted by Gasteiger charge is -2.02. The van der Waals surface area contributed by atoms with E-state index in [9.17, 15) is 9.59 Å². The van der Waals surface area contributed by atoms with Gasteiger partial charge in [-0.2, -0.15) is 0 Å². The van der Waals surface area contributed by atoms with Crippen LogP contribution in [-0.2, 0) is 17.6 Å². The molecule has 0 aromatic heterocycles. The van der Waals surface area contributed by atoms with Gasteiger partial charge in [-0.05, 0) is 23.3 Å². The summed E-state index contributed by atoms with van der Waals surface area (Å²) in [6.45, 7) is 0. The van der Waals surface area contributed by atoms with Gasteiger partial charge in [0.15, 0.2) is 0 Å². The van der Waals surface area contributed by atoms with E-state index in [1.165, 1.54) is 0 Å². The lowest BCUT2D eigenvalue weighted by atomic mass is 10.1. The molecule has 0 aliphatic heterocycles. The van der Waals surface area contributed by atoms with Crippen molar-refractivity contribution >= 4 is 17.6 Å². The van der Waals surface area contributed by atoms with E-state index in [4.69, 9.17) is 5.11 Å². The second kappa shape index (κ2) is 3.14. The van der Waals surface area contributed by atoms with Gasteiger partial charge in [-0.15, -0.1) is 0 Å². The Hall–Kier alpha value is -1.84. The molecule has 1 amide bonds. The van der Waals surface area contributed by atoms with Crippen molar-refractivity contribution in [2.24, 2.45) is 0 Å². The second-order valence-electron chi connectivity index (χ2n) is 3.31. The zero-order chi connectivity index (χ0) is 10.1. The van der Waals surface area contributed by atoms with Crippen LogP contribution in [0.2, 0.25) is 0 Å². The van der Waals surface area contributed by atoms with Gasteiger partial charge in [0.2, 0.25) is 0 Å². The molecule has 14 heavy (non-hydrogen) atoms. The zero-order valence-electron chi connectivity index (χ0n) is 7.41. The van der Waals surface area contributed by atoms with Crippen molar-refractivity contribution in [1.29, 1.82) is 0 Å². The number of amides is 1. The molecule has 4 nitrogen and oxygen atoms in total. The van der Waals surface area contributed by atoms with Crippen LogP contribution in [0.1, 0.15) is 11.1 Å². The molecule has 1 aromatic rings. The van der Waals surface area contributed by atoms with Crippen LogP contribution in [0.4, 0.5) is 10.5 Å². The zero-order valence-corrected chi connectivity index (χ0v) is 7.41. The number of carbonyl (C=O) groups is 2. The first kappa shape index (κ1) is 8.74. The van der Waals surface area contributed by atoms with Gasteiger partial charge in [0, 0.05) is 18.5 Å². The van der Waals surface area contributed by atoms with Gasteiger partial charge in [0.05, 0.1) is 0 Å². The highest BCUT2D eigenvalue weighted by Gasteiger charge is 2.18. The highest BCUT2D eigenvalue weighted by Crippen LogP contribution is 2.22. The summed E-state index contributed by atoms with van der Waals surface area (Å²) in [4.78, 5) is 21.5. The molecule has 72 valence electrons. The van der Waals surface area contributed by atoms with Crippen LogP contribution in [0, 0.1) is 0 Å². The maximum Gasteiger partial charge on any atom is 0.409 e. The Morgan fingerprint density at radius 2 is 2.00 bits per heavy atom. The third-order valence-electron chi connectivity index (χ3n) is 2.23. The van der Waals surface area contributed by atoms with Gasteiger partial charge in [-0.1, -0.05) is 6.07 Å². The second-order valence-corrected chi connectivity index (χ2v) is 3.31. The predicted molar refractivity (Wildman–Crippen MR) is 50.5 cm³/mol. The van der Waals surface area contributed by atoms with Crippen molar-refractivity contribution in [3.8, 4) is 0 Å². The Bertz CT molecular complexity index is 412. The number of rotatable bonds is 1. The fraction of sp³-hybridized carbons (Fsp3) is 0.200. The summed E-state index contributed by atoms with van der Waals surface area (Å²) in [6, 6.07) is 5.19. The van der Waals surface area contributed by atoms with Crippen molar-refractivity contribution in [3.05, 3.63) is 29.3 Å².